The van der Waals surface area contributed by atoms with Gasteiger partial charge in [0.05, 0.1) is 16.9 Å². The summed E-state index contributed by atoms with van der Waals surface area (Å²) in [6.45, 7) is 0. The summed E-state index contributed by atoms with van der Waals surface area (Å²) in [6, 6.07) is 60.4. The van der Waals surface area contributed by atoms with Gasteiger partial charge in [-0.25, -0.2) is 9.97 Å². The Kier molecular flexibility index (Phi) is 7.63. The molecule has 1 unspecified atom stereocenters. The molecule has 0 bridgehead atoms. The van der Waals surface area contributed by atoms with Crippen molar-refractivity contribution in [2.75, 3.05) is 11.1 Å². The van der Waals surface area contributed by atoms with E-state index in [0.29, 0.717) is 5.82 Å². The molecule has 1 aliphatic heterocycles. The standard InChI is InChI=1S/C46H33N5/c47-40-25-9-6-21-36(40)32-17-12-18-33(28-32)44-39-24-8-11-27-42(39)49-46(51-44)37-22-5-4-20-35(37)31-16-13-19-34(29-31)45-48-41-26-10-7-23-38(41)43(50-45)30-14-2-1-3-15-30/h1-29,45,48H,47H2. The molecule has 0 aliphatic carbocycles. The number of hydrogen-bond acceptors (Lipinski definition) is 5. The van der Waals surface area contributed by atoms with Gasteiger partial charge in [-0.1, -0.05) is 146 Å². The van der Waals surface area contributed by atoms with Crippen LogP contribution in [-0.2, 0) is 0 Å². The van der Waals surface area contributed by atoms with Crippen LogP contribution in [0.25, 0.3) is 55.8 Å². The highest BCUT2D eigenvalue weighted by molar-refractivity contribution is 6.17. The fourth-order valence-corrected chi connectivity index (χ4v) is 6.99. The summed E-state index contributed by atoms with van der Waals surface area (Å²) in [6.07, 6.45) is -0.253. The molecule has 242 valence electrons. The molecule has 0 amide bonds. The lowest BCUT2D eigenvalue weighted by Crippen LogP contribution is -2.20. The van der Waals surface area contributed by atoms with Crippen molar-refractivity contribution >= 4 is 28.0 Å². The molecule has 1 atom stereocenters. The number of nitrogen functional groups attached to an aromatic ring is 1. The number of para-hydroxylation sites is 3. The van der Waals surface area contributed by atoms with Crippen LogP contribution in [0.3, 0.4) is 0 Å². The molecule has 5 nitrogen and oxygen atoms in total. The Labute approximate surface area is 296 Å². The van der Waals surface area contributed by atoms with E-state index in [2.05, 4.69) is 145 Å². The highest BCUT2D eigenvalue weighted by Gasteiger charge is 2.23. The molecule has 8 aromatic rings. The molecule has 0 spiro atoms. The van der Waals surface area contributed by atoms with Crippen LogP contribution in [0.2, 0.25) is 0 Å². The van der Waals surface area contributed by atoms with E-state index < -0.39 is 0 Å². The Morgan fingerprint density at radius 2 is 1.10 bits per heavy atom. The van der Waals surface area contributed by atoms with Crippen LogP contribution in [-0.4, -0.2) is 15.7 Å². The van der Waals surface area contributed by atoms with Crippen LogP contribution >= 0.6 is 0 Å². The lowest BCUT2D eigenvalue weighted by molar-refractivity contribution is 0.828. The molecule has 0 saturated heterocycles. The van der Waals surface area contributed by atoms with Gasteiger partial charge in [0.15, 0.2) is 5.82 Å². The van der Waals surface area contributed by atoms with Gasteiger partial charge < -0.3 is 11.1 Å². The van der Waals surface area contributed by atoms with E-state index in [9.17, 15) is 0 Å². The molecular formula is C46H33N5. The topological polar surface area (TPSA) is 76.2 Å². The van der Waals surface area contributed by atoms with E-state index in [1.54, 1.807) is 0 Å². The lowest BCUT2D eigenvalue weighted by atomic mass is 9.95. The summed E-state index contributed by atoms with van der Waals surface area (Å²) in [7, 11) is 0. The molecule has 3 N–H and O–H groups in total. The largest absolute Gasteiger partial charge is 0.398 e. The smallest absolute Gasteiger partial charge is 0.161 e. The van der Waals surface area contributed by atoms with E-state index in [4.69, 9.17) is 20.7 Å². The molecule has 2 heterocycles. The summed E-state index contributed by atoms with van der Waals surface area (Å²) >= 11 is 0. The minimum Gasteiger partial charge on any atom is -0.398 e. The molecular weight excluding hydrogens is 623 g/mol. The van der Waals surface area contributed by atoms with Crippen molar-refractivity contribution < 1.29 is 0 Å². The first-order chi connectivity index (χ1) is 25.2. The quantitative estimate of drug-likeness (QED) is 0.175. The Balaban J connectivity index is 1.14. The fraction of sp³-hybridized carbons (Fsp3) is 0.0217. The third-order valence-electron chi connectivity index (χ3n) is 9.47. The summed E-state index contributed by atoms with van der Waals surface area (Å²) in [5.41, 5.74) is 20.3. The average Bonchev–Trinajstić information content (AvgIpc) is 3.20. The Morgan fingerprint density at radius 3 is 1.94 bits per heavy atom. The highest BCUT2D eigenvalue weighted by atomic mass is 15.1. The number of nitrogens with zero attached hydrogens (tertiary/aromatic N) is 3. The first kappa shape index (κ1) is 30.2. The molecule has 0 radical (unpaired) electrons. The first-order valence-corrected chi connectivity index (χ1v) is 17.1. The SMILES string of the molecule is Nc1ccccc1-c1cccc(-c2nc(-c3ccccc3-c3cccc(C4N=C(c5ccccc5)c5ccccc5N4)c3)nc3ccccc23)c1. The average molecular weight is 656 g/mol. The zero-order valence-corrected chi connectivity index (χ0v) is 27.7. The van der Waals surface area contributed by atoms with Gasteiger partial charge in [0, 0.05) is 44.6 Å². The predicted molar refractivity (Wildman–Crippen MR) is 211 cm³/mol. The van der Waals surface area contributed by atoms with Crippen molar-refractivity contribution in [3.63, 3.8) is 0 Å². The molecule has 5 heteroatoms. The van der Waals surface area contributed by atoms with Crippen LogP contribution in [0.15, 0.2) is 181 Å². The lowest BCUT2D eigenvalue weighted by Gasteiger charge is -2.26. The predicted octanol–water partition coefficient (Wildman–Crippen LogP) is 10.8. The Hall–Kier alpha value is -6.85. The van der Waals surface area contributed by atoms with E-state index >= 15 is 0 Å². The van der Waals surface area contributed by atoms with Gasteiger partial charge in [0.1, 0.15) is 6.17 Å². The van der Waals surface area contributed by atoms with Crippen LogP contribution < -0.4 is 11.1 Å². The molecule has 7 aromatic carbocycles. The monoisotopic (exact) mass is 655 g/mol. The molecule has 1 aliphatic rings. The van der Waals surface area contributed by atoms with Crippen molar-refractivity contribution in [2.24, 2.45) is 4.99 Å². The molecule has 1 aromatic heterocycles. The maximum Gasteiger partial charge on any atom is 0.161 e. The number of benzene rings is 7. The van der Waals surface area contributed by atoms with Crippen molar-refractivity contribution in [1.29, 1.82) is 0 Å². The van der Waals surface area contributed by atoms with E-state index in [-0.39, 0.29) is 6.17 Å². The zero-order valence-electron chi connectivity index (χ0n) is 27.7. The van der Waals surface area contributed by atoms with E-state index in [1.807, 2.05) is 36.4 Å². The van der Waals surface area contributed by atoms with Gasteiger partial charge in [0.2, 0.25) is 0 Å². The molecule has 9 rings (SSSR count). The number of rotatable bonds is 6. The number of anilines is 2. The summed E-state index contributed by atoms with van der Waals surface area (Å²) < 4.78 is 0. The maximum absolute atomic E-state index is 6.38. The number of aliphatic imine (C=N–C) groups is 1. The van der Waals surface area contributed by atoms with Gasteiger partial charge in [-0.2, -0.15) is 0 Å². The number of hydrogen-bond donors (Lipinski definition) is 2. The number of nitrogens with two attached hydrogens (primary N) is 1. The van der Waals surface area contributed by atoms with Gasteiger partial charge in [0.25, 0.3) is 0 Å². The Bertz CT molecular complexity index is 2590. The molecule has 0 fully saturated rings. The molecule has 51 heavy (non-hydrogen) atoms. The number of fused-ring (bicyclic) bond motifs is 2. The van der Waals surface area contributed by atoms with Crippen LogP contribution in [0, 0.1) is 0 Å². The maximum atomic E-state index is 6.38. The van der Waals surface area contributed by atoms with E-state index in [0.717, 1.165) is 83.8 Å². The first-order valence-electron chi connectivity index (χ1n) is 17.1. The highest BCUT2D eigenvalue weighted by Crippen LogP contribution is 2.38. The second kappa shape index (κ2) is 12.9. The second-order valence-electron chi connectivity index (χ2n) is 12.7. The minimum absolute atomic E-state index is 0.253. The van der Waals surface area contributed by atoms with Crippen LogP contribution in [0.1, 0.15) is 22.9 Å². The van der Waals surface area contributed by atoms with Crippen LogP contribution in [0.5, 0.6) is 0 Å². The third-order valence-corrected chi connectivity index (χ3v) is 9.47. The van der Waals surface area contributed by atoms with E-state index in [1.165, 1.54) is 0 Å². The summed E-state index contributed by atoms with van der Waals surface area (Å²) in [5.74, 6) is 0.670. The van der Waals surface area contributed by atoms with Gasteiger partial charge in [-0.05, 0) is 52.6 Å². The number of nitrogens with one attached hydrogen (secondary N) is 1. The van der Waals surface area contributed by atoms with Crippen molar-refractivity contribution in [3.05, 3.63) is 193 Å². The zero-order chi connectivity index (χ0) is 34.1. The second-order valence-corrected chi connectivity index (χ2v) is 12.7. The van der Waals surface area contributed by atoms with Crippen molar-refractivity contribution in [1.82, 2.24) is 9.97 Å². The van der Waals surface area contributed by atoms with Gasteiger partial charge in [-0.3, -0.25) is 4.99 Å². The Morgan fingerprint density at radius 1 is 0.471 bits per heavy atom. The minimum atomic E-state index is -0.253. The number of aromatic nitrogens is 2. The van der Waals surface area contributed by atoms with Crippen molar-refractivity contribution in [2.45, 2.75) is 6.17 Å². The van der Waals surface area contributed by atoms with Gasteiger partial charge >= 0.3 is 0 Å². The van der Waals surface area contributed by atoms with Crippen LogP contribution in [0.4, 0.5) is 11.4 Å². The third kappa shape index (κ3) is 5.71. The summed E-state index contributed by atoms with van der Waals surface area (Å²) in [4.78, 5) is 15.7. The van der Waals surface area contributed by atoms with Crippen molar-refractivity contribution in [3.8, 4) is 44.9 Å². The molecule has 0 saturated carbocycles. The van der Waals surface area contributed by atoms with Gasteiger partial charge in [-0.15, -0.1) is 0 Å². The summed E-state index contributed by atoms with van der Waals surface area (Å²) in [5, 5.41) is 4.68. The fourth-order valence-electron chi connectivity index (χ4n) is 6.99. The normalized spacial score (nSPS) is 13.6.